The summed E-state index contributed by atoms with van der Waals surface area (Å²) in [6.07, 6.45) is 5.79. The van der Waals surface area contributed by atoms with Crippen LogP contribution < -0.4 is 0 Å². The molecule has 86 valence electrons. The van der Waals surface area contributed by atoms with Crippen LogP contribution in [0, 0.1) is 0 Å². The summed E-state index contributed by atoms with van der Waals surface area (Å²) in [5.74, 6) is 1.04. The molecule has 0 fully saturated rings. The van der Waals surface area contributed by atoms with Crippen LogP contribution in [0.5, 0.6) is 0 Å². The highest BCUT2D eigenvalue weighted by Gasteiger charge is 2.07. The summed E-state index contributed by atoms with van der Waals surface area (Å²) < 4.78 is 4.09. The summed E-state index contributed by atoms with van der Waals surface area (Å²) in [6, 6.07) is 2.18. The highest BCUT2D eigenvalue weighted by Crippen LogP contribution is 2.08. The molecule has 2 heterocycles. The number of nitrogens with zero attached hydrogens (tertiary/aromatic N) is 4. The van der Waals surface area contributed by atoms with Gasteiger partial charge in [0, 0.05) is 25.1 Å². The molecule has 0 saturated heterocycles. The quantitative estimate of drug-likeness (QED) is 0.784. The average Bonchev–Trinajstić information content (AvgIpc) is 2.86. The highest BCUT2D eigenvalue weighted by molar-refractivity contribution is 5.11. The fourth-order valence-electron chi connectivity index (χ4n) is 1.79. The molecule has 0 aliphatic carbocycles. The van der Waals surface area contributed by atoms with Crippen molar-refractivity contribution >= 4 is 0 Å². The lowest BCUT2D eigenvalue weighted by molar-refractivity contribution is 0.599. The van der Waals surface area contributed by atoms with Crippen molar-refractivity contribution in [1.82, 2.24) is 19.3 Å². The van der Waals surface area contributed by atoms with Gasteiger partial charge in [0.2, 0.25) is 0 Å². The van der Waals surface area contributed by atoms with E-state index in [9.17, 15) is 0 Å². The SMILES string of the molecule is CCc1cc(CC)n(Cc2nccn2C)n1. The van der Waals surface area contributed by atoms with E-state index in [1.807, 2.05) is 24.0 Å². The molecule has 0 aliphatic rings. The molecule has 4 nitrogen and oxygen atoms in total. The van der Waals surface area contributed by atoms with Gasteiger partial charge in [-0.1, -0.05) is 13.8 Å². The monoisotopic (exact) mass is 218 g/mol. The van der Waals surface area contributed by atoms with Crippen LogP contribution in [0.4, 0.5) is 0 Å². The number of aryl methyl sites for hydroxylation is 3. The number of aromatic nitrogens is 4. The third-order valence-electron chi connectivity index (χ3n) is 2.85. The van der Waals surface area contributed by atoms with Gasteiger partial charge in [0.05, 0.1) is 12.2 Å². The molecule has 0 atom stereocenters. The van der Waals surface area contributed by atoms with Crippen LogP contribution in [0.15, 0.2) is 18.5 Å². The predicted octanol–water partition coefficient (Wildman–Crippen LogP) is 1.79. The van der Waals surface area contributed by atoms with Gasteiger partial charge in [0.15, 0.2) is 0 Å². The minimum Gasteiger partial charge on any atom is -0.336 e. The van der Waals surface area contributed by atoms with Crippen molar-refractivity contribution < 1.29 is 0 Å². The summed E-state index contributed by atoms with van der Waals surface area (Å²) >= 11 is 0. The van der Waals surface area contributed by atoms with Crippen molar-refractivity contribution in [2.75, 3.05) is 0 Å². The zero-order chi connectivity index (χ0) is 11.5. The molecular formula is C12H18N4. The van der Waals surface area contributed by atoms with E-state index in [4.69, 9.17) is 0 Å². The topological polar surface area (TPSA) is 35.6 Å². The van der Waals surface area contributed by atoms with E-state index >= 15 is 0 Å². The Morgan fingerprint density at radius 3 is 2.62 bits per heavy atom. The third kappa shape index (κ3) is 2.01. The maximum atomic E-state index is 4.58. The Bertz CT molecular complexity index is 467. The first-order valence-electron chi connectivity index (χ1n) is 5.76. The molecule has 0 radical (unpaired) electrons. The largest absolute Gasteiger partial charge is 0.336 e. The molecule has 2 rings (SSSR count). The molecule has 2 aromatic rings. The zero-order valence-electron chi connectivity index (χ0n) is 10.1. The first-order valence-corrected chi connectivity index (χ1v) is 5.76. The molecule has 0 bridgehead atoms. The maximum Gasteiger partial charge on any atom is 0.130 e. The molecule has 0 aromatic carbocycles. The van der Waals surface area contributed by atoms with Crippen molar-refractivity contribution in [2.45, 2.75) is 33.2 Å². The zero-order valence-corrected chi connectivity index (χ0v) is 10.1. The third-order valence-corrected chi connectivity index (χ3v) is 2.85. The molecule has 0 saturated carbocycles. The second-order valence-corrected chi connectivity index (χ2v) is 3.95. The summed E-state index contributed by atoms with van der Waals surface area (Å²) in [5, 5.41) is 4.58. The van der Waals surface area contributed by atoms with Gasteiger partial charge in [0.1, 0.15) is 5.82 Å². The van der Waals surface area contributed by atoms with Crippen molar-refractivity contribution in [1.29, 1.82) is 0 Å². The fourth-order valence-corrected chi connectivity index (χ4v) is 1.79. The Kier molecular flexibility index (Phi) is 3.08. The average molecular weight is 218 g/mol. The van der Waals surface area contributed by atoms with E-state index in [-0.39, 0.29) is 0 Å². The van der Waals surface area contributed by atoms with Crippen LogP contribution in [0.25, 0.3) is 0 Å². The van der Waals surface area contributed by atoms with E-state index in [2.05, 4.69) is 34.7 Å². The lowest BCUT2D eigenvalue weighted by Gasteiger charge is -2.05. The second kappa shape index (κ2) is 4.51. The van der Waals surface area contributed by atoms with Gasteiger partial charge < -0.3 is 4.57 Å². The predicted molar refractivity (Wildman–Crippen MR) is 63.3 cm³/mol. The van der Waals surface area contributed by atoms with Gasteiger partial charge >= 0.3 is 0 Å². The van der Waals surface area contributed by atoms with Crippen LogP contribution in [0.1, 0.15) is 31.1 Å². The maximum absolute atomic E-state index is 4.58. The smallest absolute Gasteiger partial charge is 0.130 e. The van der Waals surface area contributed by atoms with E-state index < -0.39 is 0 Å². The van der Waals surface area contributed by atoms with E-state index in [0.717, 1.165) is 30.9 Å². The van der Waals surface area contributed by atoms with Gasteiger partial charge in [-0.2, -0.15) is 5.10 Å². The molecule has 0 N–H and O–H groups in total. The van der Waals surface area contributed by atoms with Crippen LogP contribution >= 0.6 is 0 Å². The lowest BCUT2D eigenvalue weighted by atomic mass is 10.2. The number of hydrogen-bond donors (Lipinski definition) is 0. The number of hydrogen-bond acceptors (Lipinski definition) is 2. The van der Waals surface area contributed by atoms with Crippen LogP contribution in [-0.2, 0) is 26.4 Å². The Labute approximate surface area is 95.9 Å². The van der Waals surface area contributed by atoms with Gasteiger partial charge in [-0.3, -0.25) is 4.68 Å². The lowest BCUT2D eigenvalue weighted by Crippen LogP contribution is -2.10. The molecule has 16 heavy (non-hydrogen) atoms. The molecule has 0 unspecified atom stereocenters. The molecule has 0 aliphatic heterocycles. The summed E-state index contributed by atoms with van der Waals surface area (Å²) in [6.45, 7) is 5.05. The fraction of sp³-hybridized carbons (Fsp3) is 0.500. The van der Waals surface area contributed by atoms with Crippen molar-refractivity contribution in [3.05, 3.63) is 35.7 Å². The normalized spacial score (nSPS) is 10.9. The van der Waals surface area contributed by atoms with Crippen molar-refractivity contribution in [2.24, 2.45) is 7.05 Å². The molecule has 0 amide bonds. The Morgan fingerprint density at radius 1 is 1.25 bits per heavy atom. The minimum absolute atomic E-state index is 0.757. The van der Waals surface area contributed by atoms with Crippen molar-refractivity contribution in [3.8, 4) is 0 Å². The number of rotatable bonds is 4. The molecular weight excluding hydrogens is 200 g/mol. The summed E-state index contributed by atoms with van der Waals surface area (Å²) in [7, 11) is 2.01. The Balaban J connectivity index is 2.26. The van der Waals surface area contributed by atoms with Gasteiger partial charge in [-0.15, -0.1) is 0 Å². The standard InChI is InChI=1S/C12H18N4/c1-4-10-8-11(5-2)16(14-10)9-12-13-6-7-15(12)3/h6-8H,4-5,9H2,1-3H3. The van der Waals surface area contributed by atoms with Crippen LogP contribution in [-0.4, -0.2) is 19.3 Å². The van der Waals surface area contributed by atoms with Gasteiger partial charge in [-0.05, 0) is 18.9 Å². The molecule has 2 aromatic heterocycles. The molecule has 4 heteroatoms. The van der Waals surface area contributed by atoms with Gasteiger partial charge in [-0.25, -0.2) is 4.98 Å². The van der Waals surface area contributed by atoms with Crippen molar-refractivity contribution in [3.63, 3.8) is 0 Å². The van der Waals surface area contributed by atoms with Gasteiger partial charge in [0.25, 0.3) is 0 Å². The number of imidazole rings is 1. The molecule has 0 spiro atoms. The first-order chi connectivity index (χ1) is 7.74. The highest BCUT2D eigenvalue weighted by atomic mass is 15.3. The Morgan fingerprint density at radius 2 is 2.06 bits per heavy atom. The van der Waals surface area contributed by atoms with Crippen LogP contribution in [0.3, 0.4) is 0 Å². The van der Waals surface area contributed by atoms with E-state index in [1.165, 1.54) is 5.69 Å². The van der Waals surface area contributed by atoms with E-state index in [0.29, 0.717) is 0 Å². The summed E-state index contributed by atoms with van der Waals surface area (Å²) in [4.78, 5) is 4.32. The van der Waals surface area contributed by atoms with Crippen LogP contribution in [0.2, 0.25) is 0 Å². The first kappa shape index (κ1) is 10.9. The second-order valence-electron chi connectivity index (χ2n) is 3.95. The van der Waals surface area contributed by atoms with E-state index in [1.54, 1.807) is 0 Å². The summed E-state index contributed by atoms with van der Waals surface area (Å²) in [5.41, 5.74) is 2.44. The minimum atomic E-state index is 0.757. The Hall–Kier alpha value is -1.58.